The van der Waals surface area contributed by atoms with Gasteiger partial charge in [-0.15, -0.1) is 0 Å². The second-order valence-corrected chi connectivity index (χ2v) is 5.32. The molecular formula is C16H15ClN2O2. The highest BCUT2D eigenvalue weighted by atomic mass is 35.5. The maximum atomic E-state index is 11.8. The second-order valence-electron chi connectivity index (χ2n) is 4.88. The number of ether oxygens (including phenoxy) is 1. The Morgan fingerprint density at radius 1 is 1.29 bits per heavy atom. The van der Waals surface area contributed by atoms with Gasteiger partial charge in [-0.05, 0) is 30.8 Å². The number of amides is 1. The number of likely N-dealkylation sites (N-methyl/N-ethyl adjacent to an activating group) is 1. The normalized spacial score (nSPS) is 16.5. The van der Waals surface area contributed by atoms with Crippen LogP contribution in [0.3, 0.4) is 0 Å². The average Bonchev–Trinajstić information content (AvgIpc) is 2.79. The number of benzene rings is 2. The lowest BCUT2D eigenvalue weighted by Gasteiger charge is -2.09. The fraction of sp³-hybridized carbons (Fsp3) is 0.188. The molecular weight excluding hydrogens is 288 g/mol. The van der Waals surface area contributed by atoms with Crippen LogP contribution in [0.25, 0.3) is 0 Å². The highest BCUT2D eigenvalue weighted by Gasteiger charge is 2.29. The lowest BCUT2D eigenvalue weighted by molar-refractivity contribution is -0.117. The minimum Gasteiger partial charge on any atom is -0.489 e. The lowest BCUT2D eigenvalue weighted by atomic mass is 10.1. The highest BCUT2D eigenvalue weighted by molar-refractivity contribution is 6.30. The molecule has 1 unspecified atom stereocenters. The largest absolute Gasteiger partial charge is 0.489 e. The zero-order valence-electron chi connectivity index (χ0n) is 11.5. The number of fused-ring (bicyclic) bond motifs is 1. The van der Waals surface area contributed by atoms with Crippen LogP contribution in [0.15, 0.2) is 42.5 Å². The van der Waals surface area contributed by atoms with Gasteiger partial charge in [0.1, 0.15) is 18.4 Å². The highest BCUT2D eigenvalue weighted by Crippen LogP contribution is 2.33. The third-order valence-electron chi connectivity index (χ3n) is 3.44. The number of carbonyl (C=O) groups excluding carboxylic acids is 1. The molecule has 0 aromatic heterocycles. The Hall–Kier alpha value is -2.04. The summed E-state index contributed by atoms with van der Waals surface area (Å²) in [5.74, 6) is 0.672. The zero-order chi connectivity index (χ0) is 14.8. The van der Waals surface area contributed by atoms with Crippen molar-refractivity contribution in [1.82, 2.24) is 5.32 Å². The van der Waals surface area contributed by atoms with Crippen molar-refractivity contribution < 1.29 is 9.53 Å². The third kappa shape index (κ3) is 2.86. The topological polar surface area (TPSA) is 50.4 Å². The molecule has 5 heteroatoms. The number of carbonyl (C=O) groups is 1. The van der Waals surface area contributed by atoms with Crippen LogP contribution >= 0.6 is 11.6 Å². The molecule has 1 atom stereocenters. The van der Waals surface area contributed by atoms with E-state index in [2.05, 4.69) is 10.6 Å². The van der Waals surface area contributed by atoms with E-state index in [1.165, 1.54) is 0 Å². The molecule has 108 valence electrons. The Kier molecular flexibility index (Phi) is 3.82. The van der Waals surface area contributed by atoms with E-state index in [1.807, 2.05) is 42.5 Å². The van der Waals surface area contributed by atoms with Crippen molar-refractivity contribution in [2.45, 2.75) is 12.6 Å². The standard InChI is InChI=1S/C16H15ClN2O2/c1-18-15-13-6-5-12(8-14(13)19-16(15)20)21-9-10-3-2-4-11(17)7-10/h2-8,15,18H,9H2,1H3,(H,19,20). The van der Waals surface area contributed by atoms with E-state index in [9.17, 15) is 4.79 Å². The van der Waals surface area contributed by atoms with Crippen LogP contribution in [0.5, 0.6) is 5.75 Å². The van der Waals surface area contributed by atoms with Crippen molar-refractivity contribution in [2.75, 3.05) is 12.4 Å². The van der Waals surface area contributed by atoms with Crippen molar-refractivity contribution in [3.05, 3.63) is 58.6 Å². The number of anilines is 1. The summed E-state index contributed by atoms with van der Waals surface area (Å²) in [7, 11) is 1.77. The molecule has 2 aromatic carbocycles. The van der Waals surface area contributed by atoms with Crippen LogP contribution in [0.4, 0.5) is 5.69 Å². The predicted octanol–water partition coefficient (Wildman–Crippen LogP) is 3.13. The van der Waals surface area contributed by atoms with E-state index >= 15 is 0 Å². The van der Waals surface area contributed by atoms with E-state index in [0.717, 1.165) is 16.8 Å². The predicted molar refractivity (Wildman–Crippen MR) is 82.7 cm³/mol. The molecule has 3 rings (SSSR count). The molecule has 0 aliphatic carbocycles. The summed E-state index contributed by atoms with van der Waals surface area (Å²) in [5, 5.41) is 6.52. The van der Waals surface area contributed by atoms with Gasteiger partial charge in [-0.1, -0.05) is 29.8 Å². The first-order chi connectivity index (χ1) is 10.2. The Bertz CT molecular complexity index is 688. The van der Waals surface area contributed by atoms with E-state index in [-0.39, 0.29) is 11.9 Å². The minimum atomic E-state index is -0.290. The molecule has 1 heterocycles. The monoisotopic (exact) mass is 302 g/mol. The number of halogens is 1. The first-order valence-electron chi connectivity index (χ1n) is 6.66. The molecule has 0 saturated heterocycles. The molecule has 0 spiro atoms. The van der Waals surface area contributed by atoms with Crippen LogP contribution in [-0.2, 0) is 11.4 Å². The molecule has 1 aliphatic heterocycles. The van der Waals surface area contributed by atoms with Crippen LogP contribution in [0, 0.1) is 0 Å². The number of hydrogen-bond donors (Lipinski definition) is 2. The molecule has 1 aliphatic rings. The van der Waals surface area contributed by atoms with Gasteiger partial charge in [0, 0.05) is 22.3 Å². The van der Waals surface area contributed by atoms with Crippen LogP contribution < -0.4 is 15.4 Å². The molecule has 0 radical (unpaired) electrons. The summed E-state index contributed by atoms with van der Waals surface area (Å²) >= 11 is 5.94. The Morgan fingerprint density at radius 3 is 2.90 bits per heavy atom. The average molecular weight is 303 g/mol. The van der Waals surface area contributed by atoms with Crippen molar-refractivity contribution >= 4 is 23.2 Å². The summed E-state index contributed by atoms with van der Waals surface area (Å²) in [4.78, 5) is 11.8. The molecule has 0 fully saturated rings. The molecule has 0 saturated carbocycles. The van der Waals surface area contributed by atoms with Gasteiger partial charge in [-0.3, -0.25) is 4.79 Å². The van der Waals surface area contributed by atoms with Gasteiger partial charge in [-0.25, -0.2) is 0 Å². The summed E-state index contributed by atoms with van der Waals surface area (Å²) in [6.07, 6.45) is 0. The van der Waals surface area contributed by atoms with Crippen LogP contribution in [0.1, 0.15) is 17.2 Å². The third-order valence-corrected chi connectivity index (χ3v) is 3.67. The van der Waals surface area contributed by atoms with Gasteiger partial charge in [0.05, 0.1) is 0 Å². The van der Waals surface area contributed by atoms with Gasteiger partial charge < -0.3 is 15.4 Å². The van der Waals surface area contributed by atoms with Gasteiger partial charge in [0.2, 0.25) is 5.91 Å². The van der Waals surface area contributed by atoms with Crippen molar-refractivity contribution in [3.63, 3.8) is 0 Å². The van der Waals surface area contributed by atoms with Crippen LogP contribution in [-0.4, -0.2) is 13.0 Å². The smallest absolute Gasteiger partial charge is 0.246 e. The second kappa shape index (κ2) is 5.76. The maximum Gasteiger partial charge on any atom is 0.246 e. The van der Waals surface area contributed by atoms with Crippen molar-refractivity contribution in [3.8, 4) is 5.75 Å². The SMILES string of the molecule is CNC1C(=O)Nc2cc(OCc3cccc(Cl)c3)ccc21. The van der Waals surface area contributed by atoms with Crippen molar-refractivity contribution in [2.24, 2.45) is 0 Å². The number of rotatable bonds is 4. The fourth-order valence-electron chi connectivity index (χ4n) is 2.41. The summed E-state index contributed by atoms with van der Waals surface area (Å²) in [6, 6.07) is 12.9. The number of hydrogen-bond acceptors (Lipinski definition) is 3. The first-order valence-corrected chi connectivity index (χ1v) is 7.04. The molecule has 2 aromatic rings. The summed E-state index contributed by atoms with van der Waals surface area (Å²) in [5.41, 5.74) is 2.74. The zero-order valence-corrected chi connectivity index (χ0v) is 12.3. The van der Waals surface area contributed by atoms with E-state index in [1.54, 1.807) is 7.05 Å². The Morgan fingerprint density at radius 2 is 2.14 bits per heavy atom. The summed E-state index contributed by atoms with van der Waals surface area (Å²) in [6.45, 7) is 0.433. The molecule has 1 amide bonds. The minimum absolute atomic E-state index is 0.0421. The van der Waals surface area contributed by atoms with Gasteiger partial charge in [-0.2, -0.15) is 0 Å². The lowest BCUT2D eigenvalue weighted by Crippen LogP contribution is -2.23. The molecule has 21 heavy (non-hydrogen) atoms. The quantitative estimate of drug-likeness (QED) is 0.912. The molecule has 0 bridgehead atoms. The Labute approximate surface area is 128 Å². The van der Waals surface area contributed by atoms with Gasteiger partial charge in [0.25, 0.3) is 0 Å². The van der Waals surface area contributed by atoms with E-state index in [0.29, 0.717) is 17.4 Å². The molecule has 4 nitrogen and oxygen atoms in total. The van der Waals surface area contributed by atoms with E-state index in [4.69, 9.17) is 16.3 Å². The van der Waals surface area contributed by atoms with Crippen LogP contribution in [0.2, 0.25) is 5.02 Å². The Balaban J connectivity index is 1.74. The molecule has 2 N–H and O–H groups in total. The van der Waals surface area contributed by atoms with Crippen molar-refractivity contribution in [1.29, 1.82) is 0 Å². The van der Waals surface area contributed by atoms with Gasteiger partial charge >= 0.3 is 0 Å². The first kappa shape index (κ1) is 13.9. The number of nitrogens with one attached hydrogen (secondary N) is 2. The summed E-state index contributed by atoms with van der Waals surface area (Å²) < 4.78 is 5.75. The van der Waals surface area contributed by atoms with E-state index < -0.39 is 0 Å². The fourth-order valence-corrected chi connectivity index (χ4v) is 2.62. The van der Waals surface area contributed by atoms with Gasteiger partial charge in [0.15, 0.2) is 0 Å². The maximum absolute atomic E-state index is 11.8.